The Morgan fingerprint density at radius 2 is 1.46 bits per heavy atom. The van der Waals surface area contributed by atoms with E-state index in [1.807, 2.05) is 30.3 Å². The second-order valence-electron chi connectivity index (χ2n) is 5.69. The minimum absolute atomic E-state index is 0.154. The monoisotopic (exact) mass is 365 g/mol. The van der Waals surface area contributed by atoms with Gasteiger partial charge in [-0.1, -0.05) is 30.3 Å². The zero-order valence-corrected chi connectivity index (χ0v) is 15.3. The number of hydrogen-bond donors (Lipinski definition) is 1. The molecule has 0 aromatic heterocycles. The molecule has 0 bridgehead atoms. The lowest BCUT2D eigenvalue weighted by molar-refractivity contribution is -0.161. The minimum atomic E-state index is -0.998. The summed E-state index contributed by atoms with van der Waals surface area (Å²) >= 11 is 0. The Morgan fingerprint density at radius 3 is 2.00 bits per heavy atom. The van der Waals surface area contributed by atoms with Crippen LogP contribution in [-0.4, -0.2) is 37.2 Å². The van der Waals surface area contributed by atoms with Crippen LogP contribution >= 0.6 is 0 Å². The molecule has 0 spiro atoms. The van der Waals surface area contributed by atoms with Crippen LogP contribution in [0.3, 0.4) is 0 Å². The van der Waals surface area contributed by atoms with Gasteiger partial charge in [0.05, 0.1) is 13.2 Å². The topological polar surface area (TPSA) is 105 Å². The van der Waals surface area contributed by atoms with E-state index in [9.17, 15) is 14.4 Å². The number of nitrogens with two attached hydrogens (primary N) is 1. The van der Waals surface area contributed by atoms with Crippen molar-refractivity contribution in [3.63, 3.8) is 0 Å². The van der Waals surface area contributed by atoms with Crippen molar-refractivity contribution in [1.82, 2.24) is 0 Å². The molecular formula is C19H27NO6. The Balaban J connectivity index is 2.42. The zero-order valence-electron chi connectivity index (χ0n) is 15.3. The Bertz CT molecular complexity index is 557. The van der Waals surface area contributed by atoms with E-state index in [0.29, 0.717) is 12.8 Å². The van der Waals surface area contributed by atoms with Gasteiger partial charge in [0, 0.05) is 0 Å². The summed E-state index contributed by atoms with van der Waals surface area (Å²) in [7, 11) is 0. The van der Waals surface area contributed by atoms with Crippen LogP contribution in [0.4, 0.5) is 0 Å². The number of hydrogen-bond acceptors (Lipinski definition) is 7. The van der Waals surface area contributed by atoms with Crippen molar-refractivity contribution in [2.45, 2.75) is 45.8 Å². The van der Waals surface area contributed by atoms with E-state index in [1.165, 1.54) is 0 Å². The Kier molecular flexibility index (Phi) is 10.0. The highest BCUT2D eigenvalue weighted by Gasteiger charge is 2.29. The molecular weight excluding hydrogens is 338 g/mol. The second-order valence-corrected chi connectivity index (χ2v) is 5.69. The summed E-state index contributed by atoms with van der Waals surface area (Å²) < 4.78 is 15.0. The van der Waals surface area contributed by atoms with E-state index in [2.05, 4.69) is 0 Å². The van der Waals surface area contributed by atoms with Gasteiger partial charge < -0.3 is 19.9 Å². The summed E-state index contributed by atoms with van der Waals surface area (Å²) in [4.78, 5) is 35.7. The molecule has 0 radical (unpaired) electrons. The predicted octanol–water partition coefficient (Wildman–Crippen LogP) is 1.97. The normalized spacial score (nSPS) is 11.7. The van der Waals surface area contributed by atoms with Crippen LogP contribution in [0.1, 0.15) is 38.7 Å². The average molecular weight is 365 g/mol. The van der Waals surface area contributed by atoms with Crippen molar-refractivity contribution >= 4 is 17.9 Å². The van der Waals surface area contributed by atoms with Crippen molar-refractivity contribution in [2.24, 2.45) is 11.7 Å². The highest BCUT2D eigenvalue weighted by molar-refractivity contribution is 5.94. The molecule has 0 saturated heterocycles. The standard InChI is InChI=1S/C19H27NO6/c1-3-24-17(21)15(18(22)25-4-2)11-8-12-16(20)19(23)26-13-14-9-6-5-7-10-14/h5-7,9-10,15-16H,3-4,8,11-13,20H2,1-2H3. The van der Waals surface area contributed by atoms with Crippen LogP contribution in [-0.2, 0) is 35.2 Å². The highest BCUT2D eigenvalue weighted by Crippen LogP contribution is 2.14. The molecule has 1 unspecified atom stereocenters. The van der Waals surface area contributed by atoms with Gasteiger partial charge >= 0.3 is 17.9 Å². The number of ether oxygens (including phenoxy) is 3. The number of esters is 3. The molecule has 1 rings (SSSR count). The molecule has 0 aliphatic heterocycles. The summed E-state index contributed by atoms with van der Waals surface area (Å²) in [6.45, 7) is 3.85. The molecule has 144 valence electrons. The Morgan fingerprint density at radius 1 is 0.885 bits per heavy atom. The molecule has 0 heterocycles. The number of benzene rings is 1. The molecule has 1 atom stereocenters. The second kappa shape index (κ2) is 12.0. The minimum Gasteiger partial charge on any atom is -0.465 e. The van der Waals surface area contributed by atoms with E-state index < -0.39 is 29.9 Å². The van der Waals surface area contributed by atoms with Gasteiger partial charge in [0.1, 0.15) is 12.6 Å². The largest absolute Gasteiger partial charge is 0.465 e. The van der Waals surface area contributed by atoms with Gasteiger partial charge in [-0.3, -0.25) is 14.4 Å². The van der Waals surface area contributed by atoms with Crippen molar-refractivity contribution in [3.05, 3.63) is 35.9 Å². The Hall–Kier alpha value is -2.41. The van der Waals surface area contributed by atoms with Gasteiger partial charge in [-0.2, -0.15) is 0 Å². The van der Waals surface area contributed by atoms with E-state index in [-0.39, 0.29) is 26.2 Å². The fraction of sp³-hybridized carbons (Fsp3) is 0.526. The van der Waals surface area contributed by atoms with E-state index in [0.717, 1.165) is 5.56 Å². The predicted molar refractivity (Wildman–Crippen MR) is 94.8 cm³/mol. The zero-order chi connectivity index (χ0) is 19.4. The molecule has 2 N–H and O–H groups in total. The molecule has 26 heavy (non-hydrogen) atoms. The maximum Gasteiger partial charge on any atom is 0.323 e. The third-order valence-corrected chi connectivity index (χ3v) is 3.68. The lowest BCUT2D eigenvalue weighted by Gasteiger charge is -2.15. The van der Waals surface area contributed by atoms with Gasteiger partial charge in [-0.05, 0) is 38.7 Å². The molecule has 7 heteroatoms. The first kappa shape index (κ1) is 21.6. The van der Waals surface area contributed by atoms with Gasteiger partial charge in [-0.15, -0.1) is 0 Å². The van der Waals surface area contributed by atoms with Crippen LogP contribution in [0.2, 0.25) is 0 Å². The van der Waals surface area contributed by atoms with Crippen molar-refractivity contribution in [2.75, 3.05) is 13.2 Å². The van der Waals surface area contributed by atoms with Gasteiger partial charge in [0.25, 0.3) is 0 Å². The summed E-state index contributed by atoms with van der Waals surface area (Å²) in [5.74, 6) is -2.75. The third-order valence-electron chi connectivity index (χ3n) is 3.68. The van der Waals surface area contributed by atoms with Crippen molar-refractivity contribution in [1.29, 1.82) is 0 Å². The summed E-state index contributed by atoms with van der Waals surface area (Å²) in [6.07, 6.45) is 0.893. The van der Waals surface area contributed by atoms with E-state index >= 15 is 0 Å². The van der Waals surface area contributed by atoms with Gasteiger partial charge in [0.2, 0.25) is 0 Å². The summed E-state index contributed by atoms with van der Waals surface area (Å²) in [5.41, 5.74) is 6.70. The van der Waals surface area contributed by atoms with Gasteiger partial charge in [-0.25, -0.2) is 0 Å². The SMILES string of the molecule is CCOC(=O)C(CCCC(N)C(=O)OCc1ccccc1)C(=O)OCC. The van der Waals surface area contributed by atoms with Crippen LogP contribution in [0.5, 0.6) is 0 Å². The first-order valence-corrected chi connectivity index (χ1v) is 8.79. The highest BCUT2D eigenvalue weighted by atomic mass is 16.6. The molecule has 0 fully saturated rings. The summed E-state index contributed by atoms with van der Waals surface area (Å²) in [5, 5.41) is 0. The fourth-order valence-electron chi connectivity index (χ4n) is 2.31. The molecule has 1 aromatic carbocycles. The maximum atomic E-state index is 11.9. The lowest BCUT2D eigenvalue weighted by Crippen LogP contribution is -2.33. The molecule has 0 aliphatic rings. The van der Waals surface area contributed by atoms with Crippen LogP contribution in [0, 0.1) is 5.92 Å². The van der Waals surface area contributed by atoms with Crippen LogP contribution in [0.25, 0.3) is 0 Å². The maximum absolute atomic E-state index is 11.9. The number of rotatable bonds is 11. The third kappa shape index (κ3) is 7.65. The number of carbonyl (C=O) groups excluding carboxylic acids is 3. The summed E-state index contributed by atoms with van der Waals surface area (Å²) in [6, 6.07) is 8.47. The lowest BCUT2D eigenvalue weighted by atomic mass is 10.00. The van der Waals surface area contributed by atoms with E-state index in [4.69, 9.17) is 19.9 Å². The first-order chi connectivity index (χ1) is 12.5. The average Bonchev–Trinajstić information content (AvgIpc) is 2.64. The van der Waals surface area contributed by atoms with Crippen molar-refractivity contribution in [3.8, 4) is 0 Å². The van der Waals surface area contributed by atoms with Gasteiger partial charge in [0.15, 0.2) is 5.92 Å². The van der Waals surface area contributed by atoms with Crippen molar-refractivity contribution < 1.29 is 28.6 Å². The first-order valence-electron chi connectivity index (χ1n) is 8.79. The van der Waals surface area contributed by atoms with E-state index in [1.54, 1.807) is 13.8 Å². The molecule has 0 amide bonds. The fourth-order valence-corrected chi connectivity index (χ4v) is 2.31. The Labute approximate surface area is 153 Å². The quantitative estimate of drug-likeness (QED) is 0.363. The van der Waals surface area contributed by atoms with Crippen LogP contribution in [0.15, 0.2) is 30.3 Å². The molecule has 7 nitrogen and oxygen atoms in total. The molecule has 0 aliphatic carbocycles. The number of carbonyl (C=O) groups is 3. The smallest absolute Gasteiger partial charge is 0.323 e. The van der Waals surface area contributed by atoms with Crippen LogP contribution < -0.4 is 5.73 Å². The molecule has 1 aromatic rings. The molecule has 0 saturated carbocycles.